The maximum atomic E-state index is 5.77. The van der Waals surface area contributed by atoms with E-state index in [9.17, 15) is 0 Å². The molecule has 0 aliphatic heterocycles. The van der Waals surface area contributed by atoms with Crippen molar-refractivity contribution in [3.63, 3.8) is 0 Å². The summed E-state index contributed by atoms with van der Waals surface area (Å²) in [6, 6.07) is 7.92. The van der Waals surface area contributed by atoms with Crippen LogP contribution >= 0.6 is 23.2 Å². The van der Waals surface area contributed by atoms with E-state index in [1.165, 1.54) is 11.1 Å². The molecule has 0 aliphatic rings. The van der Waals surface area contributed by atoms with Crippen molar-refractivity contribution >= 4 is 23.2 Å². The third kappa shape index (κ3) is 3.84. The van der Waals surface area contributed by atoms with Crippen LogP contribution in [-0.4, -0.2) is 0 Å². The molecule has 0 saturated heterocycles. The molecule has 1 aromatic rings. The number of hydrogen-bond donors (Lipinski definition) is 0. The van der Waals surface area contributed by atoms with Gasteiger partial charge in [-0.05, 0) is 37.5 Å². The second kappa shape index (κ2) is 5.31. The van der Waals surface area contributed by atoms with E-state index in [-0.39, 0.29) is 0 Å². The van der Waals surface area contributed by atoms with Gasteiger partial charge >= 0.3 is 0 Å². The van der Waals surface area contributed by atoms with Gasteiger partial charge in [-0.15, -0.1) is 0 Å². The molecule has 70 valence electrons. The maximum Gasteiger partial charge on any atom is 0.0406 e. The van der Waals surface area contributed by atoms with Crippen LogP contribution in [0.4, 0.5) is 0 Å². The number of aryl methyl sites for hydroxylation is 1. The molecule has 13 heavy (non-hydrogen) atoms. The average molecular weight is 215 g/mol. The molecule has 0 radical (unpaired) electrons. The summed E-state index contributed by atoms with van der Waals surface area (Å²) in [7, 11) is 0. The number of allylic oxidation sites excluding steroid dienone is 1. The van der Waals surface area contributed by atoms with Crippen molar-refractivity contribution in [2.45, 2.75) is 19.8 Å². The van der Waals surface area contributed by atoms with Gasteiger partial charge in [-0.2, -0.15) is 0 Å². The van der Waals surface area contributed by atoms with Crippen LogP contribution in [0.25, 0.3) is 0 Å². The minimum absolute atomic E-state index is 0.786. The topological polar surface area (TPSA) is 0 Å². The normalized spacial score (nSPS) is 11.8. The van der Waals surface area contributed by atoms with Gasteiger partial charge in [0.15, 0.2) is 0 Å². The molecular weight excluding hydrogens is 203 g/mol. The summed E-state index contributed by atoms with van der Waals surface area (Å²) >= 11 is 11.3. The van der Waals surface area contributed by atoms with Crippen LogP contribution in [0, 0.1) is 0 Å². The summed E-state index contributed by atoms with van der Waals surface area (Å²) in [6.07, 6.45) is 2.03. The largest absolute Gasteiger partial charge is 0.0930 e. The minimum atomic E-state index is 0.786. The Kier molecular flexibility index (Phi) is 4.34. The Balaban J connectivity index is 2.51. The molecule has 0 unspecified atom stereocenters. The quantitative estimate of drug-likeness (QED) is 0.700. The van der Waals surface area contributed by atoms with Crippen molar-refractivity contribution < 1.29 is 0 Å². The third-order valence-corrected chi connectivity index (χ3v) is 2.53. The van der Waals surface area contributed by atoms with E-state index >= 15 is 0 Å². The number of rotatable bonds is 3. The SMILES string of the molecule is C/C(=C\Cl)CCc1ccc(Cl)cc1. The Morgan fingerprint density at radius 1 is 1.31 bits per heavy atom. The minimum Gasteiger partial charge on any atom is -0.0930 e. The zero-order valence-corrected chi connectivity index (χ0v) is 9.07. The van der Waals surface area contributed by atoms with Gasteiger partial charge in [0.25, 0.3) is 0 Å². The van der Waals surface area contributed by atoms with E-state index in [1.54, 1.807) is 5.54 Å². The molecule has 1 rings (SSSR count). The molecule has 0 aliphatic carbocycles. The zero-order valence-electron chi connectivity index (χ0n) is 7.56. The lowest BCUT2D eigenvalue weighted by atomic mass is 10.1. The van der Waals surface area contributed by atoms with Gasteiger partial charge in [-0.25, -0.2) is 0 Å². The van der Waals surface area contributed by atoms with Gasteiger partial charge in [0.1, 0.15) is 0 Å². The summed E-state index contributed by atoms with van der Waals surface area (Å²) < 4.78 is 0. The van der Waals surface area contributed by atoms with E-state index in [2.05, 4.69) is 0 Å². The number of halogens is 2. The average Bonchev–Trinajstić information content (AvgIpc) is 2.16. The van der Waals surface area contributed by atoms with Crippen LogP contribution in [-0.2, 0) is 6.42 Å². The maximum absolute atomic E-state index is 5.77. The Hall–Kier alpha value is -0.460. The highest BCUT2D eigenvalue weighted by atomic mass is 35.5. The summed E-state index contributed by atoms with van der Waals surface area (Å²) in [6.45, 7) is 2.03. The van der Waals surface area contributed by atoms with E-state index in [1.807, 2.05) is 31.2 Å². The molecule has 0 aromatic heterocycles. The van der Waals surface area contributed by atoms with Crippen LogP contribution < -0.4 is 0 Å². The van der Waals surface area contributed by atoms with Gasteiger partial charge in [-0.3, -0.25) is 0 Å². The number of benzene rings is 1. The van der Waals surface area contributed by atoms with Gasteiger partial charge in [-0.1, -0.05) is 40.9 Å². The summed E-state index contributed by atoms with van der Waals surface area (Å²) in [5.41, 5.74) is 4.13. The van der Waals surface area contributed by atoms with Crippen LogP contribution in [0.15, 0.2) is 35.4 Å². The fourth-order valence-corrected chi connectivity index (χ4v) is 1.28. The summed E-state index contributed by atoms with van der Waals surface area (Å²) in [5.74, 6) is 0. The van der Waals surface area contributed by atoms with Gasteiger partial charge in [0, 0.05) is 10.6 Å². The van der Waals surface area contributed by atoms with Crippen molar-refractivity contribution in [2.75, 3.05) is 0 Å². The monoisotopic (exact) mass is 214 g/mol. The third-order valence-electron chi connectivity index (χ3n) is 1.91. The second-order valence-corrected chi connectivity index (χ2v) is 3.74. The molecule has 0 saturated carbocycles. The van der Waals surface area contributed by atoms with Crippen molar-refractivity contribution in [1.82, 2.24) is 0 Å². The highest BCUT2D eigenvalue weighted by Gasteiger charge is 1.94. The first kappa shape index (κ1) is 10.6. The molecule has 0 spiro atoms. The lowest BCUT2D eigenvalue weighted by molar-refractivity contribution is 0.944. The predicted molar refractivity (Wildman–Crippen MR) is 59.4 cm³/mol. The molecular formula is C11H12Cl2. The molecule has 0 amide bonds. The smallest absolute Gasteiger partial charge is 0.0406 e. The highest BCUT2D eigenvalue weighted by molar-refractivity contribution is 6.30. The van der Waals surface area contributed by atoms with Crippen molar-refractivity contribution in [3.8, 4) is 0 Å². The molecule has 0 heterocycles. The fourth-order valence-electron chi connectivity index (χ4n) is 1.05. The Bertz CT molecular complexity index is 285. The second-order valence-electron chi connectivity index (χ2n) is 3.08. The molecule has 0 nitrogen and oxygen atoms in total. The zero-order chi connectivity index (χ0) is 9.68. The Morgan fingerprint density at radius 3 is 2.46 bits per heavy atom. The Morgan fingerprint density at radius 2 is 1.92 bits per heavy atom. The van der Waals surface area contributed by atoms with Gasteiger partial charge in [0.2, 0.25) is 0 Å². The Labute approximate surface area is 89.2 Å². The molecule has 0 N–H and O–H groups in total. The van der Waals surface area contributed by atoms with Gasteiger partial charge < -0.3 is 0 Å². The van der Waals surface area contributed by atoms with Crippen molar-refractivity contribution in [1.29, 1.82) is 0 Å². The summed E-state index contributed by atoms with van der Waals surface area (Å²) in [4.78, 5) is 0. The van der Waals surface area contributed by atoms with E-state index < -0.39 is 0 Å². The standard InChI is InChI=1S/C11H12Cl2/c1-9(8-12)2-3-10-4-6-11(13)7-5-10/h4-8H,2-3H2,1H3/b9-8+. The molecule has 0 bridgehead atoms. The van der Waals surface area contributed by atoms with Crippen LogP contribution in [0.2, 0.25) is 5.02 Å². The molecule has 0 atom stereocenters. The summed E-state index contributed by atoms with van der Waals surface area (Å²) in [5, 5.41) is 0.786. The molecule has 2 heteroatoms. The first-order chi connectivity index (χ1) is 6.22. The highest BCUT2D eigenvalue weighted by Crippen LogP contribution is 2.13. The fraction of sp³-hybridized carbons (Fsp3) is 0.273. The lowest BCUT2D eigenvalue weighted by Crippen LogP contribution is -1.85. The predicted octanol–water partition coefficient (Wildman–Crippen LogP) is 4.42. The molecule has 1 aromatic carbocycles. The molecule has 0 fully saturated rings. The van der Waals surface area contributed by atoms with Crippen LogP contribution in [0.1, 0.15) is 18.9 Å². The van der Waals surface area contributed by atoms with E-state index in [0.29, 0.717) is 0 Å². The first-order valence-electron chi connectivity index (χ1n) is 4.22. The lowest BCUT2D eigenvalue weighted by Gasteiger charge is -2.00. The first-order valence-corrected chi connectivity index (χ1v) is 5.04. The van der Waals surface area contributed by atoms with E-state index in [0.717, 1.165) is 17.9 Å². The number of hydrogen-bond acceptors (Lipinski definition) is 0. The van der Waals surface area contributed by atoms with E-state index in [4.69, 9.17) is 23.2 Å². The van der Waals surface area contributed by atoms with Crippen LogP contribution in [0.3, 0.4) is 0 Å². The van der Waals surface area contributed by atoms with Crippen molar-refractivity contribution in [3.05, 3.63) is 46.0 Å². The van der Waals surface area contributed by atoms with Crippen molar-refractivity contribution in [2.24, 2.45) is 0 Å². The van der Waals surface area contributed by atoms with Gasteiger partial charge in [0.05, 0.1) is 0 Å². The van der Waals surface area contributed by atoms with Crippen LogP contribution in [0.5, 0.6) is 0 Å².